The van der Waals surface area contributed by atoms with Crippen LogP contribution in [-0.4, -0.2) is 20.1 Å². The lowest BCUT2D eigenvalue weighted by molar-refractivity contribution is -0.886. The van der Waals surface area contributed by atoms with Crippen molar-refractivity contribution in [2.45, 2.75) is 25.7 Å². The van der Waals surface area contributed by atoms with Crippen LogP contribution in [0.3, 0.4) is 0 Å². The molecular weight excluding hydrogens is 290 g/mol. The maximum Gasteiger partial charge on any atom is 0.225 e. The Hall–Kier alpha value is -1.92. The maximum atomic E-state index is 10.4. The van der Waals surface area contributed by atoms with Gasteiger partial charge in [0.1, 0.15) is 17.2 Å². The van der Waals surface area contributed by atoms with E-state index in [1.54, 1.807) is 24.0 Å². The Kier molecular flexibility index (Phi) is 5.87. The molecule has 0 saturated carbocycles. The summed E-state index contributed by atoms with van der Waals surface area (Å²) in [6, 6.07) is 7.89. The molecule has 0 radical (unpaired) electrons. The van der Waals surface area contributed by atoms with E-state index >= 15 is 0 Å². The summed E-state index contributed by atoms with van der Waals surface area (Å²) in [4.78, 5) is 4.81. The van der Waals surface area contributed by atoms with Gasteiger partial charge in [-0.15, -0.1) is 0 Å². The number of pyridine rings is 1. The fourth-order valence-electron chi connectivity index (χ4n) is 1.68. The maximum absolute atomic E-state index is 10.4. The highest BCUT2D eigenvalue weighted by Crippen LogP contribution is 2.08. The molecule has 21 heavy (non-hydrogen) atoms. The van der Waals surface area contributed by atoms with Crippen LogP contribution in [0.4, 0.5) is 0 Å². The standard InChI is InChI=1S/C8H12NO.C7H8O3S/c1-7-4-8(2)6-9(5-7)10-3;1-6-2-4-7(5-3-6)11(8,9)10/h4-6H,1-3H3;2-5H,1H3,(H,8,9,10)/q+1;/p-1. The zero-order chi connectivity index (χ0) is 16.0. The number of benzene rings is 1. The molecule has 0 aliphatic rings. The van der Waals surface area contributed by atoms with E-state index in [0.29, 0.717) is 0 Å². The summed E-state index contributed by atoms with van der Waals surface area (Å²) in [5, 5.41) is 0. The Morgan fingerprint density at radius 1 is 0.952 bits per heavy atom. The van der Waals surface area contributed by atoms with Crippen LogP contribution >= 0.6 is 0 Å². The highest BCUT2D eigenvalue weighted by Gasteiger charge is 2.00. The van der Waals surface area contributed by atoms with Gasteiger partial charge in [-0.1, -0.05) is 17.7 Å². The second kappa shape index (κ2) is 7.19. The Bertz CT molecular complexity index is 674. The lowest BCUT2D eigenvalue weighted by Gasteiger charge is -2.05. The molecule has 0 spiro atoms. The zero-order valence-electron chi connectivity index (χ0n) is 12.5. The molecule has 2 rings (SSSR count). The van der Waals surface area contributed by atoms with Crippen molar-refractivity contribution in [3.63, 3.8) is 0 Å². The molecule has 1 aromatic carbocycles. The van der Waals surface area contributed by atoms with Crippen LogP contribution in [0.15, 0.2) is 47.6 Å². The number of hydrogen-bond acceptors (Lipinski definition) is 4. The molecular formula is C15H19NO4S. The van der Waals surface area contributed by atoms with Crippen molar-refractivity contribution >= 4 is 10.1 Å². The number of aromatic nitrogens is 1. The van der Waals surface area contributed by atoms with Gasteiger partial charge in [0, 0.05) is 15.9 Å². The molecule has 1 aromatic heterocycles. The minimum atomic E-state index is -4.27. The number of hydrogen-bond donors (Lipinski definition) is 0. The highest BCUT2D eigenvalue weighted by atomic mass is 32.2. The predicted octanol–water partition coefficient (Wildman–Crippen LogP) is 1.55. The van der Waals surface area contributed by atoms with E-state index in [2.05, 4.69) is 6.07 Å². The molecule has 0 fully saturated rings. The van der Waals surface area contributed by atoms with Crippen LogP contribution < -0.4 is 9.57 Å². The second-order valence-corrected chi connectivity index (χ2v) is 6.08. The summed E-state index contributed by atoms with van der Waals surface area (Å²) >= 11 is 0. The first-order chi connectivity index (χ1) is 9.72. The Labute approximate surface area is 125 Å². The first kappa shape index (κ1) is 17.1. The Morgan fingerprint density at radius 2 is 1.43 bits per heavy atom. The van der Waals surface area contributed by atoms with Gasteiger partial charge in [-0.3, -0.25) is 4.84 Å². The third-order valence-electron chi connectivity index (χ3n) is 2.64. The molecule has 6 heteroatoms. The van der Waals surface area contributed by atoms with Crippen LogP contribution in [0, 0.1) is 20.8 Å². The van der Waals surface area contributed by atoms with Crippen molar-refractivity contribution in [2.75, 3.05) is 7.11 Å². The number of nitrogens with zero attached hydrogens (tertiary/aromatic N) is 1. The van der Waals surface area contributed by atoms with Gasteiger partial charge in [-0.05, 0) is 39.0 Å². The molecule has 0 unspecified atom stereocenters. The molecule has 0 atom stereocenters. The minimum Gasteiger partial charge on any atom is -0.744 e. The van der Waals surface area contributed by atoms with E-state index in [9.17, 15) is 13.0 Å². The average molecular weight is 309 g/mol. The molecule has 0 bridgehead atoms. The van der Waals surface area contributed by atoms with Crippen molar-refractivity contribution in [2.24, 2.45) is 0 Å². The normalized spacial score (nSPS) is 10.5. The van der Waals surface area contributed by atoms with E-state index in [4.69, 9.17) is 4.84 Å². The molecule has 5 nitrogen and oxygen atoms in total. The second-order valence-electron chi connectivity index (χ2n) is 4.70. The van der Waals surface area contributed by atoms with Gasteiger partial charge in [0.25, 0.3) is 0 Å². The number of aryl methyl sites for hydroxylation is 3. The van der Waals surface area contributed by atoms with Gasteiger partial charge in [0.05, 0.1) is 4.90 Å². The van der Waals surface area contributed by atoms with Crippen molar-refractivity contribution in [3.05, 3.63) is 59.4 Å². The first-order valence-electron chi connectivity index (χ1n) is 6.29. The average Bonchev–Trinajstić information content (AvgIpc) is 2.37. The van der Waals surface area contributed by atoms with Gasteiger partial charge in [-0.2, -0.15) is 0 Å². The van der Waals surface area contributed by atoms with Crippen LogP contribution in [-0.2, 0) is 10.1 Å². The molecule has 2 aromatic rings. The third kappa shape index (κ3) is 5.93. The zero-order valence-corrected chi connectivity index (χ0v) is 13.3. The third-order valence-corrected chi connectivity index (χ3v) is 3.49. The molecule has 0 amide bonds. The van der Waals surface area contributed by atoms with Crippen molar-refractivity contribution in [1.29, 1.82) is 0 Å². The van der Waals surface area contributed by atoms with Gasteiger partial charge < -0.3 is 4.55 Å². The van der Waals surface area contributed by atoms with Crippen LogP contribution in [0.25, 0.3) is 0 Å². The van der Waals surface area contributed by atoms with Crippen molar-refractivity contribution in [3.8, 4) is 0 Å². The topological polar surface area (TPSA) is 70.3 Å². The molecule has 0 aliphatic heterocycles. The first-order valence-corrected chi connectivity index (χ1v) is 7.70. The number of rotatable bonds is 2. The smallest absolute Gasteiger partial charge is 0.225 e. The van der Waals surface area contributed by atoms with Crippen LogP contribution in [0.1, 0.15) is 16.7 Å². The van der Waals surface area contributed by atoms with Crippen molar-refractivity contribution < 1.29 is 22.5 Å². The largest absolute Gasteiger partial charge is 0.744 e. The van der Waals surface area contributed by atoms with Gasteiger partial charge in [-0.25, -0.2) is 8.42 Å². The van der Waals surface area contributed by atoms with E-state index in [0.717, 1.165) is 5.56 Å². The summed E-state index contributed by atoms with van der Waals surface area (Å²) in [6.07, 6.45) is 3.88. The SMILES string of the molecule is CO[n+]1cc(C)cc(C)c1.Cc1ccc(S(=O)(=O)[O-])cc1. The quantitative estimate of drug-likeness (QED) is 0.623. The monoisotopic (exact) mass is 309 g/mol. The van der Waals surface area contributed by atoms with Crippen LogP contribution in [0.5, 0.6) is 0 Å². The lowest BCUT2D eigenvalue weighted by Crippen LogP contribution is -2.40. The lowest BCUT2D eigenvalue weighted by atomic mass is 10.2. The summed E-state index contributed by atoms with van der Waals surface area (Å²) in [5.74, 6) is 0. The van der Waals surface area contributed by atoms with E-state index < -0.39 is 10.1 Å². The Balaban J connectivity index is 0.000000211. The van der Waals surface area contributed by atoms with Gasteiger partial charge in [0.2, 0.25) is 12.4 Å². The highest BCUT2D eigenvalue weighted by molar-refractivity contribution is 7.85. The summed E-state index contributed by atoms with van der Waals surface area (Å²) in [6.45, 7) is 5.91. The molecule has 0 N–H and O–H groups in total. The molecule has 0 aliphatic carbocycles. The molecule has 0 saturated heterocycles. The minimum absolute atomic E-state index is 0.178. The van der Waals surface area contributed by atoms with Gasteiger partial charge in [0.15, 0.2) is 0 Å². The molecule has 114 valence electrons. The summed E-state index contributed by atoms with van der Waals surface area (Å²) in [7, 11) is -2.62. The van der Waals surface area contributed by atoms with Crippen molar-refractivity contribution in [1.82, 2.24) is 0 Å². The van der Waals surface area contributed by atoms with E-state index in [1.807, 2.05) is 33.2 Å². The predicted molar refractivity (Wildman–Crippen MR) is 77.8 cm³/mol. The summed E-state index contributed by atoms with van der Waals surface area (Å²) < 4.78 is 32.9. The fourth-order valence-corrected chi connectivity index (χ4v) is 2.15. The fraction of sp³-hybridized carbons (Fsp3) is 0.267. The van der Waals surface area contributed by atoms with E-state index in [1.165, 1.54) is 23.3 Å². The molecule has 1 heterocycles. The Morgan fingerprint density at radius 3 is 1.81 bits per heavy atom. The van der Waals surface area contributed by atoms with Gasteiger partial charge >= 0.3 is 0 Å². The summed E-state index contributed by atoms with van der Waals surface area (Å²) in [5.41, 5.74) is 3.35. The van der Waals surface area contributed by atoms with Crippen LogP contribution in [0.2, 0.25) is 0 Å². The van der Waals surface area contributed by atoms with E-state index in [-0.39, 0.29) is 4.90 Å².